The maximum atomic E-state index is 13.6. The summed E-state index contributed by atoms with van der Waals surface area (Å²) in [6, 6.07) is 8.61. The molecule has 0 bridgehead atoms. The first-order valence-corrected chi connectivity index (χ1v) is 7.02. The van der Waals surface area contributed by atoms with Gasteiger partial charge in [0.15, 0.2) is 0 Å². The molecular weight excluding hydrogens is 272 g/mol. The summed E-state index contributed by atoms with van der Waals surface area (Å²) in [5.41, 5.74) is 2.75. The Hall–Kier alpha value is -2.23. The van der Waals surface area contributed by atoms with Crippen molar-refractivity contribution in [1.82, 2.24) is 0 Å². The van der Waals surface area contributed by atoms with Crippen LogP contribution in [-0.4, -0.2) is 5.91 Å². The fourth-order valence-electron chi connectivity index (χ4n) is 2.76. The quantitative estimate of drug-likeness (QED) is 0.885. The van der Waals surface area contributed by atoms with E-state index in [-0.39, 0.29) is 5.56 Å². The minimum atomic E-state index is -0.723. The van der Waals surface area contributed by atoms with Crippen LogP contribution in [0.4, 0.5) is 14.5 Å². The molecule has 2 aromatic carbocycles. The van der Waals surface area contributed by atoms with Gasteiger partial charge in [-0.3, -0.25) is 4.79 Å². The lowest BCUT2D eigenvalue weighted by atomic mass is 9.90. The summed E-state index contributed by atoms with van der Waals surface area (Å²) in [6.45, 7) is 0. The molecule has 2 nitrogen and oxygen atoms in total. The lowest BCUT2D eigenvalue weighted by Gasteiger charge is -2.19. The van der Waals surface area contributed by atoms with Gasteiger partial charge < -0.3 is 5.32 Å². The number of rotatable bonds is 2. The molecule has 0 saturated carbocycles. The Kier molecular flexibility index (Phi) is 3.69. The monoisotopic (exact) mass is 287 g/mol. The van der Waals surface area contributed by atoms with Crippen LogP contribution >= 0.6 is 0 Å². The molecule has 1 aliphatic rings. The van der Waals surface area contributed by atoms with Crippen molar-refractivity contribution in [2.24, 2.45) is 0 Å². The Morgan fingerprint density at radius 2 is 1.86 bits per heavy atom. The number of aryl methyl sites for hydroxylation is 1. The Morgan fingerprint density at radius 1 is 1.05 bits per heavy atom. The van der Waals surface area contributed by atoms with Gasteiger partial charge in [-0.2, -0.15) is 0 Å². The molecule has 1 amide bonds. The Labute approximate surface area is 121 Å². The summed E-state index contributed by atoms with van der Waals surface area (Å²) in [5.74, 6) is -1.97. The van der Waals surface area contributed by atoms with E-state index >= 15 is 0 Å². The fourth-order valence-corrected chi connectivity index (χ4v) is 2.76. The topological polar surface area (TPSA) is 29.1 Å². The van der Waals surface area contributed by atoms with Crippen molar-refractivity contribution < 1.29 is 13.6 Å². The van der Waals surface area contributed by atoms with Gasteiger partial charge in [0.05, 0.1) is 5.56 Å². The van der Waals surface area contributed by atoms with E-state index in [9.17, 15) is 13.6 Å². The molecular formula is C17H15F2NO. The van der Waals surface area contributed by atoms with Crippen molar-refractivity contribution >= 4 is 11.6 Å². The number of amides is 1. The van der Waals surface area contributed by atoms with Gasteiger partial charge in [-0.25, -0.2) is 8.78 Å². The molecule has 0 aromatic heterocycles. The summed E-state index contributed by atoms with van der Waals surface area (Å²) in [4.78, 5) is 12.2. The van der Waals surface area contributed by atoms with Crippen molar-refractivity contribution in [2.45, 2.75) is 25.7 Å². The van der Waals surface area contributed by atoms with Gasteiger partial charge in [0, 0.05) is 5.69 Å². The Balaban J connectivity index is 1.90. The van der Waals surface area contributed by atoms with Crippen LogP contribution in [0.2, 0.25) is 0 Å². The second-order valence-corrected chi connectivity index (χ2v) is 5.23. The highest BCUT2D eigenvalue weighted by Gasteiger charge is 2.17. The average molecular weight is 287 g/mol. The molecule has 3 rings (SSSR count). The largest absolute Gasteiger partial charge is 0.322 e. The second-order valence-electron chi connectivity index (χ2n) is 5.23. The molecule has 0 saturated heterocycles. The third-order valence-corrected chi connectivity index (χ3v) is 3.82. The number of anilines is 1. The number of fused-ring (bicyclic) bond motifs is 1. The molecule has 0 atom stereocenters. The van der Waals surface area contributed by atoms with Crippen LogP contribution in [-0.2, 0) is 12.8 Å². The molecule has 1 N–H and O–H groups in total. The van der Waals surface area contributed by atoms with Crippen LogP contribution in [0.5, 0.6) is 0 Å². The minimum Gasteiger partial charge on any atom is -0.322 e. The van der Waals surface area contributed by atoms with Gasteiger partial charge in [-0.05, 0) is 61.1 Å². The van der Waals surface area contributed by atoms with Gasteiger partial charge in [0.25, 0.3) is 5.91 Å². The van der Waals surface area contributed by atoms with Crippen molar-refractivity contribution in [3.05, 3.63) is 64.7 Å². The van der Waals surface area contributed by atoms with Crippen molar-refractivity contribution in [3.63, 3.8) is 0 Å². The third-order valence-electron chi connectivity index (χ3n) is 3.82. The second kappa shape index (κ2) is 5.64. The lowest BCUT2D eigenvalue weighted by molar-refractivity contribution is 0.102. The van der Waals surface area contributed by atoms with E-state index < -0.39 is 17.5 Å². The maximum absolute atomic E-state index is 13.6. The molecule has 0 aliphatic heterocycles. The Bertz CT molecular complexity index is 697. The summed E-state index contributed by atoms with van der Waals surface area (Å²) >= 11 is 0. The van der Waals surface area contributed by atoms with E-state index in [1.165, 1.54) is 5.56 Å². The number of carbonyl (C=O) groups is 1. The first-order valence-electron chi connectivity index (χ1n) is 7.02. The van der Waals surface area contributed by atoms with Gasteiger partial charge in [-0.1, -0.05) is 12.1 Å². The van der Waals surface area contributed by atoms with Gasteiger partial charge in [-0.15, -0.1) is 0 Å². The zero-order valence-corrected chi connectivity index (χ0v) is 11.5. The molecule has 0 spiro atoms. The van der Waals surface area contributed by atoms with E-state index in [1.807, 2.05) is 12.1 Å². The van der Waals surface area contributed by atoms with Crippen LogP contribution in [0.15, 0.2) is 36.4 Å². The van der Waals surface area contributed by atoms with E-state index in [0.29, 0.717) is 5.69 Å². The molecule has 4 heteroatoms. The van der Waals surface area contributed by atoms with Crippen LogP contribution < -0.4 is 5.32 Å². The Morgan fingerprint density at radius 3 is 2.71 bits per heavy atom. The zero-order chi connectivity index (χ0) is 14.8. The number of halogens is 2. The predicted octanol–water partition coefficient (Wildman–Crippen LogP) is 4.10. The van der Waals surface area contributed by atoms with E-state index in [4.69, 9.17) is 0 Å². The van der Waals surface area contributed by atoms with Crippen molar-refractivity contribution in [2.75, 3.05) is 5.32 Å². The smallest absolute Gasteiger partial charge is 0.258 e. The van der Waals surface area contributed by atoms with Crippen LogP contribution in [0.3, 0.4) is 0 Å². The zero-order valence-electron chi connectivity index (χ0n) is 11.5. The highest BCUT2D eigenvalue weighted by Crippen LogP contribution is 2.28. The molecule has 0 unspecified atom stereocenters. The number of hydrogen-bond donors (Lipinski definition) is 1. The van der Waals surface area contributed by atoms with E-state index in [0.717, 1.165) is 49.4 Å². The third kappa shape index (κ3) is 2.79. The molecule has 0 fully saturated rings. The van der Waals surface area contributed by atoms with Gasteiger partial charge in [0.2, 0.25) is 0 Å². The molecule has 1 aliphatic carbocycles. The number of benzene rings is 2. The minimum absolute atomic E-state index is 0.275. The highest BCUT2D eigenvalue weighted by atomic mass is 19.1. The number of carbonyl (C=O) groups excluding carboxylic acids is 1. The molecule has 2 aromatic rings. The number of nitrogens with one attached hydrogen (secondary N) is 1. The summed E-state index contributed by atoms with van der Waals surface area (Å²) in [5, 5.41) is 2.71. The first-order chi connectivity index (χ1) is 10.1. The maximum Gasteiger partial charge on any atom is 0.258 e. The standard InChI is InChI=1S/C17H15F2NO/c18-12-8-9-15(19)14(10-12)17(21)20-16-7-3-5-11-4-1-2-6-13(11)16/h3,5,7-10H,1-2,4,6H2,(H,20,21). The van der Waals surface area contributed by atoms with E-state index in [2.05, 4.69) is 5.32 Å². The van der Waals surface area contributed by atoms with Crippen molar-refractivity contribution in [1.29, 1.82) is 0 Å². The van der Waals surface area contributed by atoms with Crippen LogP contribution in [0, 0.1) is 11.6 Å². The summed E-state index contributed by atoms with van der Waals surface area (Å²) in [7, 11) is 0. The summed E-state index contributed by atoms with van der Waals surface area (Å²) < 4.78 is 26.8. The lowest BCUT2D eigenvalue weighted by Crippen LogP contribution is -2.17. The van der Waals surface area contributed by atoms with Gasteiger partial charge in [0.1, 0.15) is 11.6 Å². The number of hydrogen-bond acceptors (Lipinski definition) is 1. The summed E-state index contributed by atoms with van der Waals surface area (Å²) in [6.07, 6.45) is 4.11. The molecule has 0 radical (unpaired) electrons. The predicted molar refractivity (Wildman–Crippen MR) is 77.4 cm³/mol. The fraction of sp³-hybridized carbons (Fsp3) is 0.235. The normalized spacial score (nSPS) is 13.6. The van der Waals surface area contributed by atoms with Crippen molar-refractivity contribution in [3.8, 4) is 0 Å². The molecule has 108 valence electrons. The average Bonchev–Trinajstić information content (AvgIpc) is 2.50. The van der Waals surface area contributed by atoms with Crippen LogP contribution in [0.1, 0.15) is 34.3 Å². The highest BCUT2D eigenvalue weighted by molar-refractivity contribution is 6.04. The van der Waals surface area contributed by atoms with E-state index in [1.54, 1.807) is 6.07 Å². The molecule has 0 heterocycles. The van der Waals surface area contributed by atoms with Gasteiger partial charge >= 0.3 is 0 Å². The SMILES string of the molecule is O=C(Nc1cccc2c1CCCC2)c1cc(F)ccc1F. The first kappa shape index (κ1) is 13.7. The van der Waals surface area contributed by atoms with Crippen LogP contribution in [0.25, 0.3) is 0 Å². The molecule has 21 heavy (non-hydrogen) atoms.